The van der Waals surface area contributed by atoms with E-state index in [9.17, 15) is 4.39 Å². The predicted molar refractivity (Wildman–Crippen MR) is 72.6 cm³/mol. The molecule has 1 N–H and O–H groups in total. The van der Waals surface area contributed by atoms with E-state index in [4.69, 9.17) is 4.74 Å². The van der Waals surface area contributed by atoms with Crippen LogP contribution in [0.4, 0.5) is 4.39 Å². The molecule has 2 aromatic rings. The second-order valence-corrected chi connectivity index (χ2v) is 4.28. The van der Waals surface area contributed by atoms with E-state index < -0.39 is 0 Å². The molecule has 0 spiro atoms. The zero-order valence-electron chi connectivity index (χ0n) is 10.9. The molecule has 100 valence electrons. The van der Waals surface area contributed by atoms with Crippen molar-refractivity contribution >= 4 is 0 Å². The minimum absolute atomic E-state index is 0.272. The van der Waals surface area contributed by atoms with Crippen molar-refractivity contribution in [3.05, 3.63) is 59.7 Å². The Morgan fingerprint density at radius 1 is 1.16 bits per heavy atom. The van der Waals surface area contributed by atoms with Crippen LogP contribution in [0.5, 0.6) is 5.75 Å². The summed E-state index contributed by atoms with van der Waals surface area (Å²) in [5.74, 6) is 0.297. The van der Waals surface area contributed by atoms with Gasteiger partial charge in [-0.05, 0) is 42.4 Å². The summed E-state index contributed by atoms with van der Waals surface area (Å²) in [5.41, 5.74) is 2.03. The highest BCUT2D eigenvalue weighted by Crippen LogP contribution is 2.16. The highest BCUT2D eigenvalue weighted by molar-refractivity contribution is 5.29. The zero-order chi connectivity index (χ0) is 13.5. The van der Waals surface area contributed by atoms with Crippen molar-refractivity contribution in [3.63, 3.8) is 0 Å². The fourth-order valence-electron chi connectivity index (χ4n) is 1.85. The minimum Gasteiger partial charge on any atom is -0.493 e. The van der Waals surface area contributed by atoms with Gasteiger partial charge in [0.1, 0.15) is 11.6 Å². The summed E-state index contributed by atoms with van der Waals surface area (Å²) in [6.45, 7) is 1.14. The number of hydrogen-bond acceptors (Lipinski definition) is 3. The van der Waals surface area contributed by atoms with Crippen molar-refractivity contribution in [2.45, 2.75) is 13.0 Å². The maximum absolute atomic E-state index is 13.4. The number of halogens is 1. The number of ether oxygens (including phenoxy) is 1. The number of hydrogen-bond donors (Lipinski definition) is 1. The van der Waals surface area contributed by atoms with Gasteiger partial charge >= 0.3 is 0 Å². The summed E-state index contributed by atoms with van der Waals surface area (Å²) in [6, 6.07) is 8.66. The lowest BCUT2D eigenvalue weighted by atomic mass is 10.2. The highest BCUT2D eigenvalue weighted by Gasteiger charge is 2.02. The Kier molecular flexibility index (Phi) is 4.86. The standard InChI is InChI=1S/C15H17FN2O/c1-17-11-13-8-14(16)10-15(9-13)19-7-4-12-2-5-18-6-3-12/h2-3,5-6,8-10,17H,4,7,11H2,1H3. The summed E-state index contributed by atoms with van der Waals surface area (Å²) in [6.07, 6.45) is 4.28. The smallest absolute Gasteiger partial charge is 0.127 e. The molecule has 0 fully saturated rings. The molecule has 19 heavy (non-hydrogen) atoms. The zero-order valence-corrected chi connectivity index (χ0v) is 10.9. The van der Waals surface area contributed by atoms with Crippen LogP contribution in [-0.4, -0.2) is 18.6 Å². The summed E-state index contributed by atoms with van der Waals surface area (Å²) in [7, 11) is 1.83. The van der Waals surface area contributed by atoms with Crippen molar-refractivity contribution in [1.29, 1.82) is 0 Å². The molecule has 0 amide bonds. The van der Waals surface area contributed by atoms with Gasteiger partial charge < -0.3 is 10.1 Å². The first-order valence-corrected chi connectivity index (χ1v) is 6.23. The summed E-state index contributed by atoms with van der Waals surface area (Å²) < 4.78 is 19.0. The van der Waals surface area contributed by atoms with Crippen LogP contribution in [0, 0.1) is 5.82 Å². The fraction of sp³-hybridized carbons (Fsp3) is 0.267. The molecule has 0 aliphatic rings. The molecule has 3 nitrogen and oxygen atoms in total. The van der Waals surface area contributed by atoms with E-state index in [1.165, 1.54) is 12.1 Å². The first-order chi connectivity index (χ1) is 9.28. The summed E-state index contributed by atoms with van der Waals surface area (Å²) in [5, 5.41) is 2.99. The molecule has 0 unspecified atom stereocenters. The second-order valence-electron chi connectivity index (χ2n) is 4.28. The van der Waals surface area contributed by atoms with Crippen molar-refractivity contribution < 1.29 is 9.13 Å². The average molecular weight is 260 g/mol. The number of benzene rings is 1. The van der Waals surface area contributed by atoms with Gasteiger partial charge in [0.2, 0.25) is 0 Å². The molecular weight excluding hydrogens is 243 g/mol. The van der Waals surface area contributed by atoms with E-state index in [-0.39, 0.29) is 5.82 Å². The van der Waals surface area contributed by atoms with Crippen LogP contribution < -0.4 is 10.1 Å². The van der Waals surface area contributed by atoms with Gasteiger partial charge in [0.05, 0.1) is 6.61 Å². The molecule has 1 aromatic carbocycles. The van der Waals surface area contributed by atoms with Crippen LogP contribution in [-0.2, 0) is 13.0 Å². The average Bonchev–Trinajstić information content (AvgIpc) is 2.40. The molecule has 2 rings (SSSR count). The maximum Gasteiger partial charge on any atom is 0.127 e. The van der Waals surface area contributed by atoms with Gasteiger partial charge in [0.25, 0.3) is 0 Å². The lowest BCUT2D eigenvalue weighted by Gasteiger charge is -2.08. The molecule has 0 saturated carbocycles. The molecule has 1 heterocycles. The van der Waals surface area contributed by atoms with Crippen molar-refractivity contribution in [2.75, 3.05) is 13.7 Å². The molecule has 0 aliphatic heterocycles. The number of pyridine rings is 1. The molecule has 0 bridgehead atoms. The predicted octanol–water partition coefficient (Wildman–Crippen LogP) is 2.56. The molecule has 0 radical (unpaired) electrons. The van der Waals surface area contributed by atoms with E-state index in [0.717, 1.165) is 17.5 Å². The minimum atomic E-state index is -0.272. The van der Waals surface area contributed by atoms with Crippen LogP contribution in [0.2, 0.25) is 0 Å². The Labute approximate surface area is 112 Å². The normalized spacial score (nSPS) is 10.4. The molecule has 0 saturated heterocycles. The van der Waals surface area contributed by atoms with Crippen molar-refractivity contribution in [3.8, 4) is 5.75 Å². The number of rotatable bonds is 6. The molecule has 0 aliphatic carbocycles. The van der Waals surface area contributed by atoms with Gasteiger partial charge in [-0.2, -0.15) is 0 Å². The van der Waals surface area contributed by atoms with Gasteiger partial charge in [0, 0.05) is 31.4 Å². The highest BCUT2D eigenvalue weighted by atomic mass is 19.1. The van der Waals surface area contributed by atoms with E-state index in [1.54, 1.807) is 12.4 Å². The third-order valence-electron chi connectivity index (χ3n) is 2.72. The van der Waals surface area contributed by atoms with E-state index in [1.807, 2.05) is 25.2 Å². The first kappa shape index (κ1) is 13.5. The Hall–Kier alpha value is -1.94. The van der Waals surface area contributed by atoms with Crippen LogP contribution in [0.1, 0.15) is 11.1 Å². The molecule has 1 aromatic heterocycles. The van der Waals surface area contributed by atoms with Crippen LogP contribution in [0.15, 0.2) is 42.7 Å². The van der Waals surface area contributed by atoms with Crippen LogP contribution in [0.3, 0.4) is 0 Å². The van der Waals surface area contributed by atoms with Gasteiger partial charge in [-0.1, -0.05) is 0 Å². The quantitative estimate of drug-likeness (QED) is 0.866. The summed E-state index contributed by atoms with van der Waals surface area (Å²) in [4.78, 5) is 3.96. The van der Waals surface area contributed by atoms with E-state index in [0.29, 0.717) is 18.9 Å². The Morgan fingerprint density at radius 2 is 1.95 bits per heavy atom. The lowest BCUT2D eigenvalue weighted by Crippen LogP contribution is -2.06. The number of nitrogens with zero attached hydrogens (tertiary/aromatic N) is 1. The van der Waals surface area contributed by atoms with E-state index >= 15 is 0 Å². The number of nitrogens with one attached hydrogen (secondary N) is 1. The van der Waals surface area contributed by atoms with Gasteiger partial charge in [-0.25, -0.2) is 4.39 Å². The monoisotopic (exact) mass is 260 g/mol. The lowest BCUT2D eigenvalue weighted by molar-refractivity contribution is 0.320. The topological polar surface area (TPSA) is 34.1 Å². The Balaban J connectivity index is 1.92. The SMILES string of the molecule is CNCc1cc(F)cc(OCCc2ccncc2)c1. The third kappa shape index (κ3) is 4.34. The largest absolute Gasteiger partial charge is 0.493 e. The van der Waals surface area contributed by atoms with Gasteiger partial charge in [-0.15, -0.1) is 0 Å². The van der Waals surface area contributed by atoms with Crippen molar-refractivity contribution in [2.24, 2.45) is 0 Å². The first-order valence-electron chi connectivity index (χ1n) is 6.23. The van der Waals surface area contributed by atoms with Gasteiger partial charge in [-0.3, -0.25) is 4.98 Å². The van der Waals surface area contributed by atoms with E-state index in [2.05, 4.69) is 10.3 Å². The fourth-order valence-corrected chi connectivity index (χ4v) is 1.85. The summed E-state index contributed by atoms with van der Waals surface area (Å²) >= 11 is 0. The van der Waals surface area contributed by atoms with Crippen LogP contribution in [0.25, 0.3) is 0 Å². The Morgan fingerprint density at radius 3 is 2.68 bits per heavy atom. The third-order valence-corrected chi connectivity index (χ3v) is 2.72. The Bertz CT molecular complexity index is 517. The molecular formula is C15H17FN2O. The molecule has 4 heteroatoms. The maximum atomic E-state index is 13.4. The van der Waals surface area contributed by atoms with Crippen molar-refractivity contribution in [1.82, 2.24) is 10.3 Å². The molecule has 0 atom stereocenters. The number of aromatic nitrogens is 1. The second kappa shape index (κ2) is 6.85. The van der Waals surface area contributed by atoms with Gasteiger partial charge in [0.15, 0.2) is 0 Å². The van der Waals surface area contributed by atoms with Crippen LogP contribution >= 0.6 is 0 Å².